The van der Waals surface area contributed by atoms with Crippen molar-refractivity contribution >= 4 is 33.9 Å². The first-order valence-electron chi connectivity index (χ1n) is 11.0. The minimum atomic E-state index is -1.16. The van der Waals surface area contributed by atoms with Gasteiger partial charge in [-0.2, -0.15) is 0 Å². The number of pyridine rings is 1. The van der Waals surface area contributed by atoms with Gasteiger partial charge in [-0.3, -0.25) is 4.79 Å². The molecular formula is C23H20AcF2N5O3S-. The molecular weight excluding hydrogens is 691 g/mol. The van der Waals surface area contributed by atoms with E-state index in [0.717, 1.165) is 28.2 Å². The number of rotatable bonds is 5. The third-order valence-electron chi connectivity index (χ3n) is 6.29. The number of benzene rings is 1. The number of hydrogen-bond donors (Lipinski definition) is 0. The molecule has 1 saturated carbocycles. The molecule has 0 aliphatic heterocycles. The number of ether oxygens (including phenoxy) is 1. The molecule has 5 rings (SSSR count). The zero-order valence-electron chi connectivity index (χ0n) is 18.8. The molecule has 1 fully saturated rings. The van der Waals surface area contributed by atoms with Crippen molar-refractivity contribution in [2.45, 2.75) is 51.1 Å². The standard InChI is InChI=1S/C23H21F2N5O3S.Ac/c1-2-33-23(32)12-9-30(11-6-7-11)20-16(21(12)31)19(26)17(24)15(18(20)25)14-8-10-4-3-5-13(28-29-27)22(10)34-14;/h8-9,11,13H,2-7H2,1H3,(H2,26,31);/p-1. The second-order valence-corrected chi connectivity index (χ2v) is 9.53. The van der Waals surface area contributed by atoms with Crippen molar-refractivity contribution in [2.24, 2.45) is 5.11 Å². The maximum atomic E-state index is 16.0. The van der Waals surface area contributed by atoms with Gasteiger partial charge in [0, 0.05) is 76.4 Å². The van der Waals surface area contributed by atoms with Crippen LogP contribution in [0.25, 0.3) is 37.5 Å². The molecule has 0 spiro atoms. The normalized spacial score (nSPS) is 16.8. The summed E-state index contributed by atoms with van der Waals surface area (Å²) in [7, 11) is 0. The van der Waals surface area contributed by atoms with E-state index >= 15 is 8.78 Å². The summed E-state index contributed by atoms with van der Waals surface area (Å²) in [6, 6.07) is 1.12. The molecule has 1 atom stereocenters. The number of azide groups is 1. The van der Waals surface area contributed by atoms with Crippen molar-refractivity contribution in [3.05, 3.63) is 66.3 Å². The molecule has 1 unspecified atom stereocenters. The molecule has 8 nitrogen and oxygen atoms in total. The minimum Gasteiger partial charge on any atom is -0.696 e. The smallest absolute Gasteiger partial charge is 0.343 e. The summed E-state index contributed by atoms with van der Waals surface area (Å²) in [6.45, 7) is 1.63. The second kappa shape index (κ2) is 10.2. The summed E-state index contributed by atoms with van der Waals surface area (Å²) in [4.78, 5) is 29.4. The summed E-state index contributed by atoms with van der Waals surface area (Å²) >= 11 is 1.14. The number of hydrogen-bond acceptors (Lipinski definition) is 5. The Kier molecular flexibility index (Phi) is 7.58. The van der Waals surface area contributed by atoms with Gasteiger partial charge in [0.1, 0.15) is 11.4 Å². The van der Waals surface area contributed by atoms with Crippen molar-refractivity contribution < 1.29 is 62.4 Å². The topological polar surface area (TPSA) is 121 Å². The van der Waals surface area contributed by atoms with Gasteiger partial charge in [0.15, 0.2) is 5.82 Å². The van der Waals surface area contributed by atoms with E-state index < -0.39 is 40.1 Å². The summed E-state index contributed by atoms with van der Waals surface area (Å²) < 4.78 is 38.0. The van der Waals surface area contributed by atoms with Gasteiger partial charge in [0.2, 0.25) is 5.43 Å². The first kappa shape index (κ1) is 26.1. The van der Waals surface area contributed by atoms with Gasteiger partial charge in [-0.05, 0) is 56.2 Å². The number of esters is 1. The predicted molar refractivity (Wildman–Crippen MR) is 124 cm³/mol. The van der Waals surface area contributed by atoms with Crippen LogP contribution < -0.4 is 5.43 Å². The van der Waals surface area contributed by atoms with Gasteiger partial charge >= 0.3 is 5.97 Å². The average molecular weight is 712 g/mol. The number of aromatic nitrogens is 1. The Bertz CT molecular complexity index is 1460. The molecule has 1 aromatic carbocycles. The van der Waals surface area contributed by atoms with E-state index in [9.17, 15) is 9.59 Å². The number of halogens is 2. The third kappa shape index (κ3) is 4.39. The fourth-order valence-corrected chi connectivity index (χ4v) is 5.89. The van der Waals surface area contributed by atoms with E-state index in [0.29, 0.717) is 25.7 Å². The Hall–Kier alpha value is -1.99. The second-order valence-electron chi connectivity index (χ2n) is 8.45. The number of nitrogens with one attached hydrogen (secondary N) is 1. The fourth-order valence-electron chi connectivity index (χ4n) is 4.58. The summed E-state index contributed by atoms with van der Waals surface area (Å²) in [5.74, 6) is -2.99. The van der Waals surface area contributed by atoms with Crippen LogP contribution in [0.2, 0.25) is 0 Å². The van der Waals surface area contributed by atoms with Crippen molar-refractivity contribution in [3.8, 4) is 10.4 Å². The van der Waals surface area contributed by atoms with E-state index in [1.165, 1.54) is 10.8 Å². The van der Waals surface area contributed by atoms with Gasteiger partial charge in [0.05, 0.1) is 23.7 Å². The Morgan fingerprint density at radius 2 is 2.09 bits per heavy atom. The molecule has 2 aliphatic carbocycles. The minimum absolute atomic E-state index is 0. The van der Waals surface area contributed by atoms with Crippen molar-refractivity contribution in [2.75, 3.05) is 6.61 Å². The van der Waals surface area contributed by atoms with E-state index in [2.05, 4.69) is 10.0 Å². The van der Waals surface area contributed by atoms with E-state index in [1.807, 2.05) is 0 Å². The Labute approximate surface area is 238 Å². The van der Waals surface area contributed by atoms with Gasteiger partial charge in [-0.25, -0.2) is 13.6 Å². The monoisotopic (exact) mass is 711 g/mol. The molecule has 1 N–H and O–H groups in total. The largest absolute Gasteiger partial charge is 0.696 e. The quantitative estimate of drug-likeness (QED) is 0.124. The number of aryl methyl sites for hydroxylation is 1. The van der Waals surface area contributed by atoms with Crippen LogP contribution in [0.15, 0.2) is 22.2 Å². The maximum absolute atomic E-state index is 16.0. The average Bonchev–Trinajstić information content (AvgIpc) is 3.56. The molecule has 0 amide bonds. The van der Waals surface area contributed by atoms with Crippen molar-refractivity contribution in [1.29, 1.82) is 0 Å². The van der Waals surface area contributed by atoms with Crippen LogP contribution in [0.3, 0.4) is 0 Å². The zero-order valence-corrected chi connectivity index (χ0v) is 24.4. The number of fused-ring (bicyclic) bond motifs is 2. The molecule has 12 heteroatoms. The van der Waals surface area contributed by atoms with Gasteiger partial charge in [0.25, 0.3) is 0 Å². The molecule has 3 aromatic rings. The van der Waals surface area contributed by atoms with Crippen LogP contribution >= 0.6 is 11.3 Å². The third-order valence-corrected chi connectivity index (χ3v) is 7.59. The maximum Gasteiger partial charge on any atom is 0.343 e. The summed E-state index contributed by atoms with van der Waals surface area (Å²) in [6.07, 6.45) is 4.82. The van der Waals surface area contributed by atoms with Crippen LogP contribution in [0.5, 0.6) is 0 Å². The van der Waals surface area contributed by atoms with Crippen molar-refractivity contribution in [3.63, 3.8) is 0 Å². The first-order valence-corrected chi connectivity index (χ1v) is 11.8. The van der Waals surface area contributed by atoms with Gasteiger partial charge < -0.3 is 15.0 Å². The Balaban J connectivity index is 0.00000289. The SMILES string of the molecule is CCOC(=O)c1cn(C2CC2)c2c(F)c(-c3cc4c(s3)C(N=[N+]=[N-])CCC4)c(F)c([NH-])c2c1=O.[Ac]. The molecule has 0 bridgehead atoms. The van der Waals surface area contributed by atoms with Crippen LogP contribution in [0.1, 0.15) is 65.5 Å². The number of carbonyl (C=O) groups excluding carboxylic acids is 1. The van der Waals surface area contributed by atoms with Gasteiger partial charge in [-0.15, -0.1) is 11.3 Å². The molecule has 2 heterocycles. The molecule has 2 aliphatic rings. The van der Waals surface area contributed by atoms with E-state index in [-0.39, 0.29) is 78.2 Å². The predicted octanol–water partition coefficient (Wildman–Crippen LogP) is 6.89. The molecule has 0 saturated heterocycles. The van der Waals surface area contributed by atoms with Gasteiger partial charge in [-0.1, -0.05) is 10.8 Å². The number of thiophene rings is 1. The number of nitrogens with zero attached hydrogens (tertiary/aromatic N) is 4. The van der Waals surface area contributed by atoms with E-state index in [4.69, 9.17) is 16.0 Å². The fraction of sp³-hybridized carbons (Fsp3) is 0.391. The molecule has 2 aromatic heterocycles. The van der Waals surface area contributed by atoms with E-state index in [1.54, 1.807) is 13.0 Å². The van der Waals surface area contributed by atoms with Crippen LogP contribution in [0.4, 0.5) is 14.5 Å². The molecule has 179 valence electrons. The number of carbonyl (C=O) groups is 1. The Morgan fingerprint density at radius 1 is 1.34 bits per heavy atom. The summed E-state index contributed by atoms with van der Waals surface area (Å²) in [5.41, 5.74) is 15.6. The van der Waals surface area contributed by atoms with Crippen LogP contribution in [0, 0.1) is 55.7 Å². The molecule has 1 radical (unpaired) electrons. The van der Waals surface area contributed by atoms with Crippen LogP contribution in [-0.4, -0.2) is 17.1 Å². The zero-order chi connectivity index (χ0) is 24.1. The first-order chi connectivity index (χ1) is 16.4. The Morgan fingerprint density at radius 3 is 2.74 bits per heavy atom. The van der Waals surface area contributed by atoms with Crippen molar-refractivity contribution in [1.82, 2.24) is 4.57 Å². The molecule has 35 heavy (non-hydrogen) atoms. The summed E-state index contributed by atoms with van der Waals surface area (Å²) in [5, 5.41) is 3.35. The van der Waals surface area contributed by atoms with Crippen LogP contribution in [-0.2, 0) is 11.2 Å².